The zero-order valence-corrected chi connectivity index (χ0v) is 11.2. The van der Waals surface area contributed by atoms with Crippen LogP contribution in [0.25, 0.3) is 0 Å². The Kier molecular flexibility index (Phi) is 4.59. The molecule has 0 radical (unpaired) electrons. The van der Waals surface area contributed by atoms with E-state index in [-0.39, 0.29) is 5.82 Å². The standard InChI is InChI=1S/C15H22FNO/c1-17-13(8-11-4-3-5-11)9-12-6-7-15(18-2)14(16)10-12/h6-7,10-11,13,17H,3-5,8-9H2,1-2H3. The molecule has 2 rings (SSSR count). The van der Waals surface area contributed by atoms with Gasteiger partial charge in [0.05, 0.1) is 7.11 Å². The summed E-state index contributed by atoms with van der Waals surface area (Å²) in [7, 11) is 3.48. The lowest BCUT2D eigenvalue weighted by Gasteiger charge is -2.29. The zero-order chi connectivity index (χ0) is 13.0. The van der Waals surface area contributed by atoms with E-state index in [1.165, 1.54) is 32.8 Å². The minimum atomic E-state index is -0.270. The van der Waals surface area contributed by atoms with Gasteiger partial charge in [-0.1, -0.05) is 25.3 Å². The molecule has 0 heterocycles. The van der Waals surface area contributed by atoms with E-state index in [4.69, 9.17) is 4.74 Å². The molecule has 1 N–H and O–H groups in total. The highest BCUT2D eigenvalue weighted by molar-refractivity contribution is 5.29. The van der Waals surface area contributed by atoms with Crippen LogP contribution in [0, 0.1) is 11.7 Å². The van der Waals surface area contributed by atoms with Gasteiger partial charge in [-0.05, 0) is 43.5 Å². The van der Waals surface area contributed by atoms with E-state index in [0.717, 1.165) is 17.9 Å². The van der Waals surface area contributed by atoms with Gasteiger partial charge in [-0.2, -0.15) is 0 Å². The van der Waals surface area contributed by atoms with Crippen molar-refractivity contribution in [2.24, 2.45) is 5.92 Å². The Bertz CT molecular complexity index is 390. The molecular weight excluding hydrogens is 229 g/mol. The topological polar surface area (TPSA) is 21.3 Å². The third kappa shape index (κ3) is 3.22. The lowest BCUT2D eigenvalue weighted by molar-refractivity contribution is 0.263. The van der Waals surface area contributed by atoms with Gasteiger partial charge < -0.3 is 10.1 Å². The van der Waals surface area contributed by atoms with E-state index in [1.807, 2.05) is 13.1 Å². The second kappa shape index (κ2) is 6.19. The summed E-state index contributed by atoms with van der Waals surface area (Å²) in [5.74, 6) is 0.915. The molecule has 3 heteroatoms. The van der Waals surface area contributed by atoms with E-state index in [0.29, 0.717) is 11.8 Å². The number of hydrogen-bond donors (Lipinski definition) is 1. The Labute approximate surface area is 109 Å². The summed E-state index contributed by atoms with van der Waals surface area (Å²) in [5.41, 5.74) is 1.03. The van der Waals surface area contributed by atoms with Crippen molar-refractivity contribution in [3.05, 3.63) is 29.6 Å². The monoisotopic (exact) mass is 251 g/mol. The fourth-order valence-corrected chi connectivity index (χ4v) is 2.56. The molecule has 0 aromatic heterocycles. The smallest absolute Gasteiger partial charge is 0.165 e. The summed E-state index contributed by atoms with van der Waals surface area (Å²) >= 11 is 0. The van der Waals surface area contributed by atoms with Gasteiger partial charge in [0.25, 0.3) is 0 Å². The molecule has 0 bridgehead atoms. The van der Waals surface area contributed by atoms with Gasteiger partial charge in [-0.15, -0.1) is 0 Å². The van der Waals surface area contributed by atoms with Crippen LogP contribution in [0.1, 0.15) is 31.2 Å². The lowest BCUT2D eigenvalue weighted by Crippen LogP contribution is -2.32. The van der Waals surface area contributed by atoms with Gasteiger partial charge in [0.15, 0.2) is 11.6 Å². The maximum Gasteiger partial charge on any atom is 0.165 e. The molecule has 1 aliphatic rings. The quantitative estimate of drug-likeness (QED) is 0.838. The Morgan fingerprint density at radius 2 is 2.22 bits per heavy atom. The molecule has 1 aromatic rings. The van der Waals surface area contributed by atoms with Gasteiger partial charge in [-0.3, -0.25) is 0 Å². The van der Waals surface area contributed by atoms with Gasteiger partial charge in [0, 0.05) is 6.04 Å². The van der Waals surface area contributed by atoms with Gasteiger partial charge >= 0.3 is 0 Å². The van der Waals surface area contributed by atoms with Crippen molar-refractivity contribution in [2.45, 2.75) is 38.1 Å². The molecule has 0 saturated heterocycles. The van der Waals surface area contributed by atoms with E-state index in [2.05, 4.69) is 5.32 Å². The molecule has 0 amide bonds. The van der Waals surface area contributed by atoms with Crippen LogP contribution in [-0.4, -0.2) is 20.2 Å². The van der Waals surface area contributed by atoms with Crippen molar-refractivity contribution in [3.8, 4) is 5.75 Å². The summed E-state index contributed by atoms with van der Waals surface area (Å²) in [6.45, 7) is 0. The highest BCUT2D eigenvalue weighted by atomic mass is 19.1. The summed E-state index contributed by atoms with van der Waals surface area (Å²) in [6.07, 6.45) is 6.17. The minimum Gasteiger partial charge on any atom is -0.494 e. The summed E-state index contributed by atoms with van der Waals surface area (Å²) in [5, 5.41) is 3.34. The minimum absolute atomic E-state index is 0.270. The van der Waals surface area contributed by atoms with Gasteiger partial charge in [0.1, 0.15) is 0 Å². The first-order chi connectivity index (χ1) is 8.72. The first-order valence-electron chi connectivity index (χ1n) is 6.72. The van der Waals surface area contributed by atoms with Crippen molar-refractivity contribution in [1.29, 1.82) is 0 Å². The summed E-state index contributed by atoms with van der Waals surface area (Å²) in [6, 6.07) is 5.70. The molecular formula is C15H22FNO. The molecule has 0 aliphatic heterocycles. The Balaban J connectivity index is 1.95. The largest absolute Gasteiger partial charge is 0.494 e. The molecule has 0 spiro atoms. The number of likely N-dealkylation sites (N-methyl/N-ethyl adjacent to an activating group) is 1. The zero-order valence-electron chi connectivity index (χ0n) is 11.2. The van der Waals surface area contributed by atoms with Crippen LogP contribution in [0.3, 0.4) is 0 Å². The lowest BCUT2D eigenvalue weighted by atomic mass is 9.80. The third-order valence-electron chi connectivity index (χ3n) is 3.95. The van der Waals surface area contributed by atoms with Crippen LogP contribution in [0.2, 0.25) is 0 Å². The third-order valence-corrected chi connectivity index (χ3v) is 3.95. The van der Waals surface area contributed by atoms with Crippen molar-refractivity contribution in [1.82, 2.24) is 5.32 Å². The Morgan fingerprint density at radius 3 is 2.72 bits per heavy atom. The van der Waals surface area contributed by atoms with Crippen molar-refractivity contribution >= 4 is 0 Å². The Morgan fingerprint density at radius 1 is 1.44 bits per heavy atom. The van der Waals surface area contributed by atoms with Crippen molar-refractivity contribution in [3.63, 3.8) is 0 Å². The van der Waals surface area contributed by atoms with Crippen LogP contribution in [0.4, 0.5) is 4.39 Å². The second-order valence-electron chi connectivity index (χ2n) is 5.19. The maximum absolute atomic E-state index is 13.6. The van der Waals surface area contributed by atoms with Crippen LogP contribution >= 0.6 is 0 Å². The predicted molar refractivity (Wildman–Crippen MR) is 71.5 cm³/mol. The highest BCUT2D eigenvalue weighted by Crippen LogP contribution is 2.31. The number of halogens is 1. The van der Waals surface area contributed by atoms with Gasteiger partial charge in [0.2, 0.25) is 0 Å². The number of hydrogen-bond acceptors (Lipinski definition) is 2. The Hall–Kier alpha value is -1.09. The average Bonchev–Trinajstić information content (AvgIpc) is 2.32. The number of methoxy groups -OCH3 is 1. The molecule has 100 valence electrons. The number of benzene rings is 1. The number of rotatable bonds is 6. The van der Waals surface area contributed by atoms with Crippen molar-refractivity contribution in [2.75, 3.05) is 14.2 Å². The molecule has 18 heavy (non-hydrogen) atoms. The molecule has 1 aliphatic carbocycles. The van der Waals surface area contributed by atoms with E-state index in [1.54, 1.807) is 12.1 Å². The average molecular weight is 251 g/mol. The normalized spacial score (nSPS) is 17.3. The van der Waals surface area contributed by atoms with Crippen LogP contribution in [0.5, 0.6) is 5.75 Å². The summed E-state index contributed by atoms with van der Waals surface area (Å²) < 4.78 is 18.5. The highest BCUT2D eigenvalue weighted by Gasteiger charge is 2.21. The van der Waals surface area contributed by atoms with E-state index < -0.39 is 0 Å². The number of nitrogens with one attached hydrogen (secondary N) is 1. The van der Waals surface area contributed by atoms with Crippen LogP contribution < -0.4 is 10.1 Å². The van der Waals surface area contributed by atoms with Crippen LogP contribution in [0.15, 0.2) is 18.2 Å². The SMILES string of the molecule is CNC(Cc1ccc(OC)c(F)c1)CC1CCC1. The molecule has 2 nitrogen and oxygen atoms in total. The first kappa shape index (κ1) is 13.3. The van der Waals surface area contributed by atoms with Crippen molar-refractivity contribution < 1.29 is 9.13 Å². The fraction of sp³-hybridized carbons (Fsp3) is 0.600. The molecule has 1 fully saturated rings. The fourth-order valence-electron chi connectivity index (χ4n) is 2.56. The first-order valence-corrected chi connectivity index (χ1v) is 6.72. The van der Waals surface area contributed by atoms with E-state index in [9.17, 15) is 4.39 Å². The summed E-state index contributed by atoms with van der Waals surface area (Å²) in [4.78, 5) is 0. The predicted octanol–water partition coefficient (Wildman–Crippen LogP) is 3.16. The van der Waals surface area contributed by atoms with Crippen LogP contribution in [-0.2, 0) is 6.42 Å². The molecule has 1 saturated carbocycles. The molecule has 1 unspecified atom stereocenters. The molecule has 1 aromatic carbocycles. The van der Waals surface area contributed by atoms with E-state index >= 15 is 0 Å². The number of ether oxygens (including phenoxy) is 1. The maximum atomic E-state index is 13.6. The van der Waals surface area contributed by atoms with Gasteiger partial charge in [-0.25, -0.2) is 4.39 Å². The second-order valence-corrected chi connectivity index (χ2v) is 5.19. The molecule has 1 atom stereocenters.